The summed E-state index contributed by atoms with van der Waals surface area (Å²) in [5, 5.41) is 24.2. The van der Waals surface area contributed by atoms with Gasteiger partial charge < -0.3 is 9.84 Å². The minimum atomic E-state index is -0.490. The van der Waals surface area contributed by atoms with Crippen molar-refractivity contribution in [2.75, 3.05) is 13.7 Å². The number of benzene rings is 1. The molecule has 0 saturated carbocycles. The van der Waals surface area contributed by atoms with Crippen LogP contribution in [0.25, 0.3) is 11.3 Å². The molecule has 0 aliphatic carbocycles. The quantitative estimate of drug-likeness (QED) is 0.629. The van der Waals surface area contributed by atoms with E-state index in [4.69, 9.17) is 4.74 Å². The van der Waals surface area contributed by atoms with Crippen LogP contribution in [0.1, 0.15) is 5.56 Å². The third kappa shape index (κ3) is 3.35. The third-order valence-electron chi connectivity index (χ3n) is 3.10. The van der Waals surface area contributed by atoms with Gasteiger partial charge in [-0.1, -0.05) is 0 Å². The third-order valence-corrected chi connectivity index (χ3v) is 3.10. The Bertz CT molecular complexity index is 724. The smallest absolute Gasteiger partial charge is 0.272 e. The molecule has 0 spiro atoms. The van der Waals surface area contributed by atoms with Crippen LogP contribution in [0.2, 0.25) is 0 Å². The van der Waals surface area contributed by atoms with Crippen LogP contribution in [0.5, 0.6) is 0 Å². The Hall–Kier alpha value is -2.58. The summed E-state index contributed by atoms with van der Waals surface area (Å²) >= 11 is 0. The highest BCUT2D eigenvalue weighted by atomic mass is 16.6. The fraction of sp³-hybridized carbons (Fsp3) is 0.286. The summed E-state index contributed by atoms with van der Waals surface area (Å²) in [6.45, 7) is 0.152. The van der Waals surface area contributed by atoms with Crippen molar-refractivity contribution in [1.29, 1.82) is 0 Å². The van der Waals surface area contributed by atoms with Crippen LogP contribution in [0.4, 0.5) is 5.69 Å². The van der Waals surface area contributed by atoms with Crippen LogP contribution in [-0.2, 0) is 17.9 Å². The standard InChI is InChI=1S/C14H15N3O5/c1-22-7-6-16-14(19)11(9-18)8-13(15-16)10-2-4-12(5-3-10)17(20)21/h2-5,8,18H,6-7,9H2,1H3. The number of aromatic nitrogens is 2. The average Bonchev–Trinajstić information content (AvgIpc) is 2.54. The SMILES string of the molecule is COCCn1nc(-c2ccc([N+](=O)[O-])cc2)cc(CO)c1=O. The molecule has 116 valence electrons. The molecule has 8 nitrogen and oxygen atoms in total. The lowest BCUT2D eigenvalue weighted by molar-refractivity contribution is -0.384. The number of ether oxygens (including phenoxy) is 1. The van der Waals surface area contributed by atoms with Crippen molar-refractivity contribution in [3.8, 4) is 11.3 Å². The van der Waals surface area contributed by atoms with Crippen molar-refractivity contribution in [3.05, 3.63) is 56.4 Å². The molecule has 22 heavy (non-hydrogen) atoms. The van der Waals surface area contributed by atoms with Crippen molar-refractivity contribution < 1.29 is 14.8 Å². The molecule has 0 saturated heterocycles. The number of hydrogen-bond acceptors (Lipinski definition) is 6. The summed E-state index contributed by atoms with van der Waals surface area (Å²) in [7, 11) is 1.51. The van der Waals surface area contributed by atoms with Gasteiger partial charge in [0.25, 0.3) is 11.2 Å². The van der Waals surface area contributed by atoms with Crippen molar-refractivity contribution in [3.63, 3.8) is 0 Å². The number of non-ortho nitro benzene ring substituents is 1. The molecule has 2 aromatic rings. The Morgan fingerprint density at radius 2 is 2.05 bits per heavy atom. The van der Waals surface area contributed by atoms with Crippen LogP contribution < -0.4 is 5.56 Å². The number of methoxy groups -OCH3 is 1. The summed E-state index contributed by atoms with van der Waals surface area (Å²) in [6, 6.07) is 7.30. The first-order chi connectivity index (χ1) is 10.6. The highest BCUT2D eigenvalue weighted by Crippen LogP contribution is 2.20. The van der Waals surface area contributed by atoms with E-state index in [9.17, 15) is 20.0 Å². The molecule has 0 unspecified atom stereocenters. The lowest BCUT2D eigenvalue weighted by atomic mass is 10.1. The van der Waals surface area contributed by atoms with Gasteiger partial charge in [-0.25, -0.2) is 4.68 Å². The first-order valence-corrected chi connectivity index (χ1v) is 6.52. The van der Waals surface area contributed by atoms with Crippen LogP contribution in [0.3, 0.4) is 0 Å². The zero-order chi connectivity index (χ0) is 16.1. The van der Waals surface area contributed by atoms with Gasteiger partial charge in [-0.2, -0.15) is 5.10 Å². The number of nitrogens with zero attached hydrogens (tertiary/aromatic N) is 3. The molecule has 0 aliphatic heterocycles. The van der Waals surface area contributed by atoms with E-state index in [1.54, 1.807) is 12.1 Å². The first-order valence-electron chi connectivity index (χ1n) is 6.52. The number of rotatable bonds is 6. The van der Waals surface area contributed by atoms with E-state index in [-0.39, 0.29) is 23.4 Å². The van der Waals surface area contributed by atoms with E-state index in [1.165, 1.54) is 30.0 Å². The van der Waals surface area contributed by atoms with E-state index < -0.39 is 11.5 Å². The molecule has 0 bridgehead atoms. The lowest BCUT2D eigenvalue weighted by Crippen LogP contribution is -2.28. The minimum Gasteiger partial charge on any atom is -0.391 e. The molecule has 0 amide bonds. The van der Waals surface area contributed by atoms with Crippen molar-refractivity contribution in [2.24, 2.45) is 0 Å². The van der Waals surface area contributed by atoms with Gasteiger partial charge >= 0.3 is 0 Å². The summed E-state index contributed by atoms with van der Waals surface area (Å²) in [5.74, 6) is 0. The Kier molecular flexibility index (Phi) is 4.97. The van der Waals surface area contributed by atoms with Crippen LogP contribution in [-0.4, -0.2) is 33.5 Å². The predicted molar refractivity (Wildman–Crippen MR) is 78.4 cm³/mol. The molecule has 0 fully saturated rings. The zero-order valence-electron chi connectivity index (χ0n) is 11.9. The summed E-state index contributed by atoms with van der Waals surface area (Å²) in [6.07, 6.45) is 0. The van der Waals surface area contributed by atoms with Gasteiger partial charge in [-0.15, -0.1) is 0 Å². The summed E-state index contributed by atoms with van der Waals surface area (Å²) in [5.41, 5.74) is 0.865. The van der Waals surface area contributed by atoms with E-state index in [2.05, 4.69) is 5.10 Å². The Morgan fingerprint density at radius 3 is 2.59 bits per heavy atom. The van der Waals surface area contributed by atoms with Crippen molar-refractivity contribution >= 4 is 5.69 Å². The second kappa shape index (κ2) is 6.92. The molecule has 1 aromatic carbocycles. The van der Waals surface area contributed by atoms with Gasteiger partial charge in [0.1, 0.15) is 0 Å². The van der Waals surface area contributed by atoms with Crippen LogP contribution >= 0.6 is 0 Å². The number of nitro groups is 1. The molecule has 2 rings (SSSR count). The lowest BCUT2D eigenvalue weighted by Gasteiger charge is -2.09. The summed E-state index contributed by atoms with van der Waals surface area (Å²) < 4.78 is 6.14. The van der Waals surface area contributed by atoms with Gasteiger partial charge in [0.15, 0.2) is 0 Å². The maximum Gasteiger partial charge on any atom is 0.272 e. The first kappa shape index (κ1) is 15.8. The minimum absolute atomic E-state index is 0.0289. The fourth-order valence-electron chi connectivity index (χ4n) is 1.93. The number of hydrogen-bond donors (Lipinski definition) is 1. The molecule has 0 atom stereocenters. The zero-order valence-corrected chi connectivity index (χ0v) is 11.9. The van der Waals surface area contributed by atoms with Gasteiger partial charge in [0.2, 0.25) is 0 Å². The molecule has 1 aromatic heterocycles. The van der Waals surface area contributed by atoms with Crippen molar-refractivity contribution in [2.45, 2.75) is 13.2 Å². The number of nitro benzene ring substituents is 1. The molecular weight excluding hydrogens is 290 g/mol. The summed E-state index contributed by atoms with van der Waals surface area (Å²) in [4.78, 5) is 22.2. The van der Waals surface area contributed by atoms with Crippen LogP contribution in [0.15, 0.2) is 35.1 Å². The molecule has 0 aliphatic rings. The van der Waals surface area contributed by atoms with E-state index in [0.717, 1.165) is 0 Å². The second-order valence-corrected chi connectivity index (χ2v) is 4.54. The van der Waals surface area contributed by atoms with Gasteiger partial charge in [0, 0.05) is 30.4 Å². The Labute approximate surface area is 125 Å². The topological polar surface area (TPSA) is 107 Å². The van der Waals surface area contributed by atoms with Gasteiger partial charge in [-0.3, -0.25) is 14.9 Å². The molecule has 1 N–H and O–H groups in total. The highest BCUT2D eigenvalue weighted by molar-refractivity contribution is 5.60. The van der Waals surface area contributed by atoms with E-state index >= 15 is 0 Å². The van der Waals surface area contributed by atoms with E-state index in [0.29, 0.717) is 17.9 Å². The number of aliphatic hydroxyl groups excluding tert-OH is 1. The maximum atomic E-state index is 12.0. The van der Waals surface area contributed by atoms with Gasteiger partial charge in [0.05, 0.1) is 30.4 Å². The maximum absolute atomic E-state index is 12.0. The molecular formula is C14H15N3O5. The largest absolute Gasteiger partial charge is 0.391 e. The second-order valence-electron chi connectivity index (χ2n) is 4.54. The average molecular weight is 305 g/mol. The normalized spacial score (nSPS) is 10.6. The Balaban J connectivity index is 2.45. The van der Waals surface area contributed by atoms with E-state index in [1.807, 2.05) is 0 Å². The number of aliphatic hydroxyl groups is 1. The molecule has 1 heterocycles. The predicted octanol–water partition coefficient (Wildman–Crippen LogP) is 0.957. The molecule has 0 radical (unpaired) electrons. The van der Waals surface area contributed by atoms with Crippen LogP contribution in [0, 0.1) is 10.1 Å². The van der Waals surface area contributed by atoms with Gasteiger partial charge in [-0.05, 0) is 18.2 Å². The molecule has 8 heteroatoms. The fourth-order valence-corrected chi connectivity index (χ4v) is 1.93. The Morgan fingerprint density at radius 1 is 1.36 bits per heavy atom. The van der Waals surface area contributed by atoms with Crippen molar-refractivity contribution in [1.82, 2.24) is 9.78 Å². The highest BCUT2D eigenvalue weighted by Gasteiger charge is 2.11. The monoisotopic (exact) mass is 305 g/mol.